The molecule has 0 unspecified atom stereocenters. The normalized spacial score (nSPS) is 50.7. The van der Waals surface area contributed by atoms with Gasteiger partial charge < -0.3 is 10.0 Å². The predicted molar refractivity (Wildman–Crippen MR) is 105 cm³/mol. The van der Waals surface area contributed by atoms with Crippen LogP contribution in [0, 0.1) is 34.5 Å². The van der Waals surface area contributed by atoms with Crippen LogP contribution in [-0.4, -0.2) is 42.0 Å². The molecule has 0 aromatic carbocycles. The molecule has 8 atom stereocenters. The highest BCUT2D eigenvalue weighted by molar-refractivity contribution is 5.79. The minimum absolute atomic E-state index is 0.157. The standard InChI is InChI=1S/C23H37NO2/c1-14(25)17-8-9-18-16-7-6-15-12-20(24(4)5)21(26)13-23(15,3)19(16)10-11-22(17,18)2/h6,16-21,26H,7-13H2,1-5H3/t16-,17+,18-,19-,20+,21+,22+,23-/m0/s1. The van der Waals surface area contributed by atoms with Crippen LogP contribution in [0.25, 0.3) is 0 Å². The Hall–Kier alpha value is -0.670. The van der Waals surface area contributed by atoms with Crippen molar-refractivity contribution in [2.75, 3.05) is 14.1 Å². The topological polar surface area (TPSA) is 40.5 Å². The average Bonchev–Trinajstić information content (AvgIpc) is 2.90. The van der Waals surface area contributed by atoms with Crippen LogP contribution in [0.4, 0.5) is 0 Å². The summed E-state index contributed by atoms with van der Waals surface area (Å²) >= 11 is 0. The second kappa shape index (κ2) is 6.17. The van der Waals surface area contributed by atoms with Gasteiger partial charge in [0.15, 0.2) is 0 Å². The molecule has 26 heavy (non-hydrogen) atoms. The van der Waals surface area contributed by atoms with Crippen molar-refractivity contribution >= 4 is 5.78 Å². The number of carbonyl (C=O) groups excluding carboxylic acids is 1. The first-order valence-corrected chi connectivity index (χ1v) is 10.7. The number of hydrogen-bond acceptors (Lipinski definition) is 3. The van der Waals surface area contributed by atoms with Gasteiger partial charge >= 0.3 is 0 Å². The summed E-state index contributed by atoms with van der Waals surface area (Å²) in [6.45, 7) is 6.65. The Balaban J connectivity index is 1.64. The summed E-state index contributed by atoms with van der Waals surface area (Å²) in [6, 6.07) is 0.258. The van der Waals surface area contributed by atoms with Gasteiger partial charge in [0.25, 0.3) is 0 Å². The van der Waals surface area contributed by atoms with E-state index in [-0.39, 0.29) is 28.9 Å². The monoisotopic (exact) mass is 359 g/mol. The summed E-state index contributed by atoms with van der Waals surface area (Å²) in [5.41, 5.74) is 1.98. The van der Waals surface area contributed by atoms with Crippen molar-refractivity contribution in [3.05, 3.63) is 11.6 Å². The van der Waals surface area contributed by atoms with E-state index in [1.807, 2.05) is 6.92 Å². The number of aliphatic hydroxyl groups is 1. The van der Waals surface area contributed by atoms with Crippen molar-refractivity contribution < 1.29 is 9.90 Å². The molecule has 3 heteroatoms. The number of aliphatic hydroxyl groups excluding tert-OH is 1. The Labute approximate surface area is 159 Å². The molecule has 0 aromatic heterocycles. The summed E-state index contributed by atoms with van der Waals surface area (Å²) in [4.78, 5) is 14.4. The van der Waals surface area contributed by atoms with Gasteiger partial charge in [0, 0.05) is 12.0 Å². The number of hydrogen-bond donors (Lipinski definition) is 1. The molecule has 0 saturated heterocycles. The number of Topliss-reactive ketones (excluding diaryl/α,β-unsaturated/α-hetero) is 1. The zero-order chi connectivity index (χ0) is 18.9. The number of allylic oxidation sites excluding steroid dienone is 1. The highest BCUT2D eigenvalue weighted by Crippen LogP contribution is 2.66. The average molecular weight is 360 g/mol. The van der Waals surface area contributed by atoms with Gasteiger partial charge in [-0.15, -0.1) is 0 Å². The Morgan fingerprint density at radius 2 is 1.92 bits per heavy atom. The predicted octanol–water partition coefficient (Wildman–Crippen LogP) is 4.06. The van der Waals surface area contributed by atoms with Crippen molar-refractivity contribution in [3.8, 4) is 0 Å². The lowest BCUT2D eigenvalue weighted by Crippen LogP contribution is -2.55. The third-order valence-electron chi connectivity index (χ3n) is 9.29. The van der Waals surface area contributed by atoms with E-state index < -0.39 is 0 Å². The molecule has 0 amide bonds. The zero-order valence-corrected chi connectivity index (χ0v) is 17.3. The van der Waals surface area contributed by atoms with E-state index in [0.29, 0.717) is 23.5 Å². The number of fused-ring (bicyclic) bond motifs is 5. The van der Waals surface area contributed by atoms with Crippen LogP contribution in [0.1, 0.15) is 65.7 Å². The highest BCUT2D eigenvalue weighted by Gasteiger charge is 2.60. The lowest BCUT2D eigenvalue weighted by molar-refractivity contribution is -0.127. The molecule has 0 radical (unpaired) electrons. The van der Waals surface area contributed by atoms with Crippen molar-refractivity contribution in [1.29, 1.82) is 0 Å². The van der Waals surface area contributed by atoms with Crippen molar-refractivity contribution in [2.45, 2.75) is 77.9 Å². The van der Waals surface area contributed by atoms with Gasteiger partial charge in [-0.3, -0.25) is 4.79 Å². The van der Waals surface area contributed by atoms with Crippen LogP contribution < -0.4 is 0 Å². The lowest BCUT2D eigenvalue weighted by Gasteiger charge is -2.59. The van der Waals surface area contributed by atoms with Gasteiger partial charge in [-0.05, 0) is 94.5 Å². The van der Waals surface area contributed by atoms with Crippen LogP contribution in [0.5, 0.6) is 0 Å². The molecule has 146 valence electrons. The summed E-state index contributed by atoms with van der Waals surface area (Å²) in [5.74, 6) is 2.77. The molecular formula is C23H37NO2. The van der Waals surface area contributed by atoms with Crippen molar-refractivity contribution in [1.82, 2.24) is 4.90 Å². The maximum absolute atomic E-state index is 12.3. The van der Waals surface area contributed by atoms with Gasteiger partial charge in [0.05, 0.1) is 6.10 Å². The second-order valence-electron chi connectivity index (χ2n) is 10.6. The molecule has 4 aliphatic carbocycles. The summed E-state index contributed by atoms with van der Waals surface area (Å²) in [7, 11) is 4.18. The minimum atomic E-state index is -0.229. The molecule has 0 bridgehead atoms. The highest BCUT2D eigenvalue weighted by atomic mass is 16.3. The van der Waals surface area contributed by atoms with E-state index in [1.165, 1.54) is 25.7 Å². The Morgan fingerprint density at radius 3 is 2.58 bits per heavy atom. The largest absolute Gasteiger partial charge is 0.391 e. The van der Waals surface area contributed by atoms with Crippen LogP contribution in [0.2, 0.25) is 0 Å². The molecule has 0 spiro atoms. The first-order chi connectivity index (χ1) is 12.2. The minimum Gasteiger partial charge on any atom is -0.391 e. The van der Waals surface area contributed by atoms with E-state index in [4.69, 9.17) is 0 Å². The van der Waals surface area contributed by atoms with Gasteiger partial charge in [-0.1, -0.05) is 25.5 Å². The zero-order valence-electron chi connectivity index (χ0n) is 17.3. The van der Waals surface area contributed by atoms with Crippen LogP contribution in [0.15, 0.2) is 11.6 Å². The number of ketones is 1. The SMILES string of the molecule is CC(=O)[C@H]1CC[C@H]2[C@@H]3CC=C4C[C@@H](N(C)C)[C@H](O)C[C@]4(C)[C@H]3CC[C@]12C. The Kier molecular flexibility index (Phi) is 4.43. The summed E-state index contributed by atoms with van der Waals surface area (Å²) < 4.78 is 0. The van der Waals surface area contributed by atoms with Crippen LogP contribution >= 0.6 is 0 Å². The summed E-state index contributed by atoms with van der Waals surface area (Å²) in [5, 5.41) is 10.9. The third-order valence-corrected chi connectivity index (χ3v) is 9.29. The van der Waals surface area contributed by atoms with E-state index in [9.17, 15) is 9.90 Å². The summed E-state index contributed by atoms with van der Waals surface area (Å²) in [6.07, 6.45) is 10.2. The molecular weight excluding hydrogens is 322 g/mol. The molecule has 0 heterocycles. The fourth-order valence-electron chi connectivity index (χ4n) is 7.88. The van der Waals surface area contributed by atoms with Gasteiger partial charge in [0.2, 0.25) is 0 Å². The maximum Gasteiger partial charge on any atom is 0.133 e. The fraction of sp³-hybridized carbons (Fsp3) is 0.870. The smallest absolute Gasteiger partial charge is 0.133 e. The fourth-order valence-corrected chi connectivity index (χ4v) is 7.88. The van der Waals surface area contributed by atoms with E-state index in [1.54, 1.807) is 5.57 Å². The molecule has 3 fully saturated rings. The number of likely N-dealkylation sites (N-methyl/N-ethyl adjacent to an activating group) is 1. The van der Waals surface area contributed by atoms with E-state index in [2.05, 4.69) is 38.9 Å². The first kappa shape index (κ1) is 18.7. The molecule has 3 saturated carbocycles. The van der Waals surface area contributed by atoms with Gasteiger partial charge in [-0.2, -0.15) is 0 Å². The second-order valence-corrected chi connectivity index (χ2v) is 10.6. The molecule has 4 aliphatic rings. The molecule has 0 aromatic rings. The van der Waals surface area contributed by atoms with Crippen molar-refractivity contribution in [3.63, 3.8) is 0 Å². The number of rotatable bonds is 2. The quantitative estimate of drug-likeness (QED) is 0.756. The molecule has 0 aliphatic heterocycles. The van der Waals surface area contributed by atoms with Gasteiger partial charge in [0.1, 0.15) is 5.78 Å². The maximum atomic E-state index is 12.3. The van der Waals surface area contributed by atoms with Crippen LogP contribution in [-0.2, 0) is 4.79 Å². The Bertz CT molecular complexity index is 626. The lowest BCUT2D eigenvalue weighted by atomic mass is 9.47. The molecule has 4 rings (SSSR count). The molecule has 1 N–H and O–H groups in total. The van der Waals surface area contributed by atoms with E-state index in [0.717, 1.165) is 19.3 Å². The first-order valence-electron chi connectivity index (χ1n) is 10.7. The van der Waals surface area contributed by atoms with Crippen LogP contribution in [0.3, 0.4) is 0 Å². The van der Waals surface area contributed by atoms with Gasteiger partial charge in [-0.25, -0.2) is 0 Å². The van der Waals surface area contributed by atoms with E-state index >= 15 is 0 Å². The number of nitrogens with zero attached hydrogens (tertiary/aromatic N) is 1. The van der Waals surface area contributed by atoms with Crippen molar-refractivity contribution in [2.24, 2.45) is 34.5 Å². The third kappa shape index (κ3) is 2.49. The number of carbonyl (C=O) groups is 1. The molecule has 3 nitrogen and oxygen atoms in total. The Morgan fingerprint density at radius 1 is 1.19 bits per heavy atom.